The molecule has 1 N–H and O–H groups in total. The van der Waals surface area contributed by atoms with Crippen molar-refractivity contribution in [2.45, 2.75) is 13.1 Å². The number of carbonyl (C=O) groups excluding carboxylic acids is 1. The van der Waals surface area contributed by atoms with E-state index in [4.69, 9.17) is 14.2 Å². The first-order valence-corrected chi connectivity index (χ1v) is 8.61. The van der Waals surface area contributed by atoms with E-state index in [1.165, 1.54) is 0 Å². The molecule has 3 rings (SSSR count). The zero-order chi connectivity index (χ0) is 18.4. The summed E-state index contributed by atoms with van der Waals surface area (Å²) in [5.41, 5.74) is 2.03. The molecule has 2 aromatic carbocycles. The molecule has 0 unspecified atom stereocenters. The Balaban J connectivity index is 1.50. The molecule has 0 aromatic heterocycles. The maximum absolute atomic E-state index is 12.2. The zero-order valence-electron chi connectivity index (χ0n) is 15.2. The first-order chi connectivity index (χ1) is 12.7. The number of fused-ring (bicyclic) bond motifs is 1. The Labute approximate surface area is 153 Å². The fourth-order valence-electron chi connectivity index (χ4n) is 2.90. The second-order valence-corrected chi connectivity index (χ2v) is 6.24. The molecule has 26 heavy (non-hydrogen) atoms. The minimum atomic E-state index is -0.0315. The fourth-order valence-corrected chi connectivity index (χ4v) is 2.90. The highest BCUT2D eigenvalue weighted by atomic mass is 16.6. The number of hydrogen-bond acceptors (Lipinski definition) is 5. The molecular formula is C20H24N2O4. The lowest BCUT2D eigenvalue weighted by atomic mass is 10.2. The summed E-state index contributed by atoms with van der Waals surface area (Å²) >= 11 is 0. The van der Waals surface area contributed by atoms with Crippen LogP contribution in [0.3, 0.4) is 0 Å². The third-order valence-corrected chi connectivity index (χ3v) is 4.14. The van der Waals surface area contributed by atoms with Gasteiger partial charge in [0.1, 0.15) is 19.0 Å². The first-order valence-electron chi connectivity index (χ1n) is 8.61. The molecule has 0 radical (unpaired) electrons. The lowest BCUT2D eigenvalue weighted by Crippen LogP contribution is -2.34. The maximum Gasteiger partial charge on any atom is 0.234 e. The zero-order valence-corrected chi connectivity index (χ0v) is 15.2. The van der Waals surface area contributed by atoms with Gasteiger partial charge >= 0.3 is 0 Å². The molecular weight excluding hydrogens is 332 g/mol. The van der Waals surface area contributed by atoms with Gasteiger partial charge in [-0.05, 0) is 30.8 Å². The van der Waals surface area contributed by atoms with Crippen LogP contribution in [0.1, 0.15) is 11.1 Å². The minimum absolute atomic E-state index is 0.0315. The van der Waals surface area contributed by atoms with E-state index in [1.54, 1.807) is 7.11 Å². The summed E-state index contributed by atoms with van der Waals surface area (Å²) in [4.78, 5) is 14.2. The predicted molar refractivity (Wildman–Crippen MR) is 98.6 cm³/mol. The van der Waals surface area contributed by atoms with Crippen LogP contribution < -0.4 is 19.5 Å². The van der Waals surface area contributed by atoms with Crippen molar-refractivity contribution in [3.63, 3.8) is 0 Å². The highest BCUT2D eigenvalue weighted by Gasteiger charge is 2.13. The molecule has 1 amide bonds. The average Bonchev–Trinajstić information content (AvgIpc) is 2.66. The monoisotopic (exact) mass is 356 g/mol. The van der Waals surface area contributed by atoms with E-state index in [0.717, 1.165) is 28.4 Å². The van der Waals surface area contributed by atoms with Crippen LogP contribution in [-0.2, 0) is 17.9 Å². The third-order valence-electron chi connectivity index (χ3n) is 4.14. The molecule has 0 spiro atoms. The average molecular weight is 356 g/mol. The van der Waals surface area contributed by atoms with Gasteiger partial charge in [-0.2, -0.15) is 0 Å². The van der Waals surface area contributed by atoms with Crippen LogP contribution in [-0.4, -0.2) is 44.7 Å². The number of methoxy groups -OCH3 is 1. The van der Waals surface area contributed by atoms with E-state index in [-0.39, 0.29) is 5.91 Å². The second kappa shape index (κ2) is 8.58. The molecule has 2 aromatic rings. The topological polar surface area (TPSA) is 60.0 Å². The molecule has 0 bridgehead atoms. The number of likely N-dealkylation sites (N-methyl/N-ethyl adjacent to an activating group) is 1. The van der Waals surface area contributed by atoms with Crippen molar-refractivity contribution in [1.82, 2.24) is 10.2 Å². The smallest absolute Gasteiger partial charge is 0.234 e. The standard InChI is InChI=1S/C20H24N2O4/c1-22(13-15-7-8-18-19(11-15)26-10-9-25-18)14-20(23)21-12-16-5-3-4-6-17(16)24-2/h3-8,11H,9-10,12-14H2,1-2H3,(H,21,23). The van der Waals surface area contributed by atoms with E-state index < -0.39 is 0 Å². The first kappa shape index (κ1) is 18.1. The minimum Gasteiger partial charge on any atom is -0.496 e. The number of rotatable bonds is 7. The number of benzene rings is 2. The second-order valence-electron chi connectivity index (χ2n) is 6.24. The highest BCUT2D eigenvalue weighted by molar-refractivity contribution is 5.78. The summed E-state index contributed by atoms with van der Waals surface area (Å²) in [6, 6.07) is 13.5. The predicted octanol–water partition coefficient (Wildman–Crippen LogP) is 2.21. The number of para-hydroxylation sites is 1. The SMILES string of the molecule is COc1ccccc1CNC(=O)CN(C)Cc1ccc2c(c1)OCCO2. The van der Waals surface area contributed by atoms with Crippen LogP contribution in [0.5, 0.6) is 17.2 Å². The van der Waals surface area contributed by atoms with Crippen molar-refractivity contribution in [1.29, 1.82) is 0 Å². The Morgan fingerprint density at radius 2 is 1.92 bits per heavy atom. The largest absolute Gasteiger partial charge is 0.496 e. The van der Waals surface area contributed by atoms with E-state index in [1.807, 2.05) is 54.4 Å². The van der Waals surface area contributed by atoms with Gasteiger partial charge in [0, 0.05) is 18.7 Å². The van der Waals surface area contributed by atoms with Gasteiger partial charge in [0.2, 0.25) is 5.91 Å². The molecule has 0 saturated carbocycles. The van der Waals surface area contributed by atoms with Crippen molar-refractivity contribution in [2.75, 3.05) is 33.9 Å². The van der Waals surface area contributed by atoms with Gasteiger partial charge < -0.3 is 19.5 Å². The summed E-state index contributed by atoms with van der Waals surface area (Å²) in [7, 11) is 3.54. The van der Waals surface area contributed by atoms with E-state index in [0.29, 0.717) is 32.8 Å². The van der Waals surface area contributed by atoms with E-state index in [9.17, 15) is 4.79 Å². The van der Waals surface area contributed by atoms with Crippen LogP contribution in [0.4, 0.5) is 0 Å². The molecule has 6 heteroatoms. The van der Waals surface area contributed by atoms with Gasteiger partial charge in [-0.3, -0.25) is 9.69 Å². The number of amides is 1. The molecule has 0 saturated heterocycles. The van der Waals surface area contributed by atoms with Crippen LogP contribution >= 0.6 is 0 Å². The molecule has 1 heterocycles. The summed E-state index contributed by atoms with van der Waals surface area (Å²) in [5.74, 6) is 2.29. The quantitative estimate of drug-likeness (QED) is 0.824. The van der Waals surface area contributed by atoms with Crippen LogP contribution in [0.25, 0.3) is 0 Å². The Bertz CT molecular complexity index is 763. The molecule has 1 aliphatic rings. The molecule has 0 atom stereocenters. The lowest BCUT2D eigenvalue weighted by molar-refractivity contribution is -0.122. The van der Waals surface area contributed by atoms with Crippen molar-refractivity contribution in [3.8, 4) is 17.2 Å². The lowest BCUT2D eigenvalue weighted by Gasteiger charge is -2.21. The Kier molecular flexibility index (Phi) is 5.96. The van der Waals surface area contributed by atoms with Crippen molar-refractivity contribution in [2.24, 2.45) is 0 Å². The van der Waals surface area contributed by atoms with Crippen LogP contribution in [0.15, 0.2) is 42.5 Å². The summed E-state index contributed by atoms with van der Waals surface area (Å²) in [5, 5.41) is 2.93. The Morgan fingerprint density at radius 3 is 2.73 bits per heavy atom. The Hall–Kier alpha value is -2.73. The number of carbonyl (C=O) groups is 1. The maximum atomic E-state index is 12.2. The molecule has 1 aliphatic heterocycles. The molecule has 0 aliphatic carbocycles. The van der Waals surface area contributed by atoms with E-state index in [2.05, 4.69) is 5.32 Å². The van der Waals surface area contributed by atoms with Crippen LogP contribution in [0, 0.1) is 0 Å². The summed E-state index contributed by atoms with van der Waals surface area (Å²) < 4.78 is 16.4. The van der Waals surface area contributed by atoms with Gasteiger partial charge in [0.25, 0.3) is 0 Å². The summed E-state index contributed by atoms with van der Waals surface area (Å²) in [6.07, 6.45) is 0. The molecule has 6 nitrogen and oxygen atoms in total. The van der Waals surface area contributed by atoms with Crippen LogP contribution in [0.2, 0.25) is 0 Å². The van der Waals surface area contributed by atoms with E-state index >= 15 is 0 Å². The van der Waals surface area contributed by atoms with Crippen molar-refractivity contribution in [3.05, 3.63) is 53.6 Å². The van der Waals surface area contributed by atoms with Gasteiger partial charge in [-0.25, -0.2) is 0 Å². The molecule has 138 valence electrons. The number of ether oxygens (including phenoxy) is 3. The highest BCUT2D eigenvalue weighted by Crippen LogP contribution is 2.31. The number of nitrogens with one attached hydrogen (secondary N) is 1. The van der Waals surface area contributed by atoms with Crippen molar-refractivity contribution < 1.29 is 19.0 Å². The number of nitrogens with zero attached hydrogens (tertiary/aromatic N) is 1. The summed E-state index contributed by atoms with van der Waals surface area (Å²) in [6.45, 7) is 2.55. The number of hydrogen-bond donors (Lipinski definition) is 1. The van der Waals surface area contributed by atoms with Gasteiger partial charge in [0.05, 0.1) is 13.7 Å². The fraction of sp³-hybridized carbons (Fsp3) is 0.350. The Morgan fingerprint density at radius 1 is 1.15 bits per heavy atom. The molecule has 0 fully saturated rings. The van der Waals surface area contributed by atoms with Gasteiger partial charge in [-0.1, -0.05) is 24.3 Å². The van der Waals surface area contributed by atoms with Gasteiger partial charge in [0.15, 0.2) is 11.5 Å². The normalized spacial score (nSPS) is 12.7. The van der Waals surface area contributed by atoms with Crippen molar-refractivity contribution >= 4 is 5.91 Å². The van der Waals surface area contributed by atoms with Gasteiger partial charge in [-0.15, -0.1) is 0 Å². The third kappa shape index (κ3) is 4.67.